The number of nitrogens with one attached hydrogen (secondary N) is 1. The highest BCUT2D eigenvalue weighted by Gasteiger charge is 2.36. The predicted octanol–water partition coefficient (Wildman–Crippen LogP) is 2.11. The second-order valence-corrected chi connectivity index (χ2v) is 8.99. The lowest BCUT2D eigenvalue weighted by Crippen LogP contribution is -2.43. The lowest BCUT2D eigenvalue weighted by molar-refractivity contribution is -0.133. The van der Waals surface area contributed by atoms with Crippen molar-refractivity contribution < 1.29 is 13.2 Å². The van der Waals surface area contributed by atoms with Crippen LogP contribution in [0.25, 0.3) is 0 Å². The molecule has 1 aliphatic carbocycles. The van der Waals surface area contributed by atoms with Crippen LogP contribution in [0.3, 0.4) is 0 Å². The SMILES string of the molecule is CNS(=O)(=O)CC1CCCN1C(=O)CC1CC(c2ccccc2)C1. The monoisotopic (exact) mass is 350 g/mol. The summed E-state index contributed by atoms with van der Waals surface area (Å²) in [5.41, 5.74) is 1.36. The van der Waals surface area contributed by atoms with Crippen molar-refractivity contribution in [3.8, 4) is 0 Å². The number of likely N-dealkylation sites (tertiary alicyclic amines) is 1. The molecule has 1 heterocycles. The zero-order chi connectivity index (χ0) is 17.2. The zero-order valence-corrected chi connectivity index (χ0v) is 15.0. The van der Waals surface area contributed by atoms with Crippen LogP contribution in [0.4, 0.5) is 0 Å². The van der Waals surface area contributed by atoms with Gasteiger partial charge in [0, 0.05) is 19.0 Å². The Bertz CT molecular complexity index is 669. The molecule has 5 nitrogen and oxygen atoms in total. The van der Waals surface area contributed by atoms with E-state index in [4.69, 9.17) is 0 Å². The smallest absolute Gasteiger partial charge is 0.223 e. The van der Waals surface area contributed by atoms with Gasteiger partial charge in [-0.25, -0.2) is 13.1 Å². The standard InChI is InChI=1S/C18H26N2O3S/c1-19-24(22,23)13-17-8-5-9-20(17)18(21)12-14-10-16(11-14)15-6-3-2-4-7-15/h2-4,6-7,14,16-17,19H,5,8-13H2,1H3. The molecule has 2 fully saturated rings. The highest BCUT2D eigenvalue weighted by Crippen LogP contribution is 2.43. The number of hydrogen-bond donors (Lipinski definition) is 1. The lowest BCUT2D eigenvalue weighted by Gasteiger charge is -2.37. The van der Waals surface area contributed by atoms with Crippen molar-refractivity contribution in [3.63, 3.8) is 0 Å². The van der Waals surface area contributed by atoms with E-state index < -0.39 is 10.0 Å². The fourth-order valence-corrected chi connectivity index (χ4v) is 4.96. The average molecular weight is 350 g/mol. The van der Waals surface area contributed by atoms with E-state index in [1.54, 1.807) is 4.90 Å². The van der Waals surface area contributed by atoms with Gasteiger partial charge in [-0.05, 0) is 50.1 Å². The molecule has 0 aromatic heterocycles. The van der Waals surface area contributed by atoms with Crippen molar-refractivity contribution in [2.75, 3.05) is 19.3 Å². The maximum absolute atomic E-state index is 12.6. The molecule has 1 N–H and O–H groups in total. The third-order valence-corrected chi connectivity index (χ3v) is 6.84. The van der Waals surface area contributed by atoms with Crippen LogP contribution in [0.5, 0.6) is 0 Å². The summed E-state index contributed by atoms with van der Waals surface area (Å²) in [4.78, 5) is 14.4. The Kier molecular flexibility index (Phi) is 5.25. The van der Waals surface area contributed by atoms with Gasteiger partial charge in [-0.1, -0.05) is 30.3 Å². The number of carbonyl (C=O) groups excluding carboxylic acids is 1. The van der Waals surface area contributed by atoms with Gasteiger partial charge in [-0.3, -0.25) is 4.79 Å². The summed E-state index contributed by atoms with van der Waals surface area (Å²) in [6.07, 6.45) is 4.35. The third-order valence-electron chi connectivity index (χ3n) is 5.39. The fourth-order valence-electron chi connectivity index (χ4n) is 3.94. The first-order chi connectivity index (χ1) is 11.5. The molecule has 1 aromatic rings. The van der Waals surface area contributed by atoms with Crippen molar-refractivity contribution in [2.45, 2.75) is 44.1 Å². The highest BCUT2D eigenvalue weighted by molar-refractivity contribution is 7.89. The molecule has 1 atom stereocenters. The maximum Gasteiger partial charge on any atom is 0.223 e. The molecule has 2 aliphatic rings. The van der Waals surface area contributed by atoms with Gasteiger partial charge in [0.05, 0.1) is 5.75 Å². The molecule has 1 aromatic carbocycles. The number of nitrogens with zero attached hydrogens (tertiary/aromatic N) is 1. The molecule has 3 rings (SSSR count). The van der Waals surface area contributed by atoms with Crippen LogP contribution >= 0.6 is 0 Å². The van der Waals surface area contributed by atoms with Gasteiger partial charge >= 0.3 is 0 Å². The van der Waals surface area contributed by atoms with Crippen LogP contribution in [0.2, 0.25) is 0 Å². The third kappa shape index (κ3) is 3.98. The Hall–Kier alpha value is -1.40. The van der Waals surface area contributed by atoms with Gasteiger partial charge in [-0.2, -0.15) is 0 Å². The molecule has 0 spiro atoms. The van der Waals surface area contributed by atoms with Gasteiger partial charge in [0.25, 0.3) is 0 Å². The number of carbonyl (C=O) groups is 1. The molecule has 0 radical (unpaired) electrons. The first-order valence-electron chi connectivity index (χ1n) is 8.74. The Labute approximate surface area is 144 Å². The minimum atomic E-state index is -3.28. The summed E-state index contributed by atoms with van der Waals surface area (Å²) < 4.78 is 25.9. The second-order valence-electron chi connectivity index (χ2n) is 7.02. The van der Waals surface area contributed by atoms with E-state index in [0.29, 0.717) is 24.8 Å². The molecule has 1 amide bonds. The molecule has 1 aliphatic heterocycles. The molecule has 132 valence electrons. The molecular formula is C18H26N2O3S. The van der Waals surface area contributed by atoms with E-state index in [1.807, 2.05) is 6.07 Å². The number of benzene rings is 1. The fraction of sp³-hybridized carbons (Fsp3) is 0.611. The zero-order valence-electron chi connectivity index (χ0n) is 14.1. The molecule has 24 heavy (non-hydrogen) atoms. The van der Waals surface area contributed by atoms with Gasteiger partial charge in [0.2, 0.25) is 15.9 Å². The summed E-state index contributed by atoms with van der Waals surface area (Å²) in [6, 6.07) is 10.3. The molecule has 6 heteroatoms. The van der Waals surface area contributed by atoms with E-state index >= 15 is 0 Å². The largest absolute Gasteiger partial charge is 0.339 e. The van der Waals surface area contributed by atoms with Crippen molar-refractivity contribution >= 4 is 15.9 Å². The molecule has 0 bridgehead atoms. The highest BCUT2D eigenvalue weighted by atomic mass is 32.2. The quantitative estimate of drug-likeness (QED) is 0.854. The molecule has 1 saturated carbocycles. The minimum absolute atomic E-state index is 0.0204. The van der Waals surface area contributed by atoms with Crippen molar-refractivity contribution in [2.24, 2.45) is 5.92 Å². The summed E-state index contributed by atoms with van der Waals surface area (Å²) in [7, 11) is -1.85. The minimum Gasteiger partial charge on any atom is -0.339 e. The Morgan fingerprint density at radius 2 is 1.96 bits per heavy atom. The number of amides is 1. The molecule has 1 unspecified atom stereocenters. The average Bonchev–Trinajstić information content (AvgIpc) is 2.98. The Morgan fingerprint density at radius 3 is 2.62 bits per heavy atom. The van der Waals surface area contributed by atoms with Crippen molar-refractivity contribution in [1.29, 1.82) is 0 Å². The van der Waals surface area contributed by atoms with E-state index in [-0.39, 0.29) is 17.7 Å². The summed E-state index contributed by atoms with van der Waals surface area (Å²) in [6.45, 7) is 0.692. The van der Waals surface area contributed by atoms with Gasteiger partial charge in [-0.15, -0.1) is 0 Å². The first kappa shape index (κ1) is 17.4. The van der Waals surface area contributed by atoms with Gasteiger partial charge in [0.1, 0.15) is 0 Å². The summed E-state index contributed by atoms with van der Waals surface area (Å²) >= 11 is 0. The van der Waals surface area contributed by atoms with Crippen molar-refractivity contribution in [3.05, 3.63) is 35.9 Å². The number of sulfonamides is 1. The van der Waals surface area contributed by atoms with Crippen LogP contribution in [0.15, 0.2) is 30.3 Å². The van der Waals surface area contributed by atoms with E-state index in [0.717, 1.165) is 25.7 Å². The molecular weight excluding hydrogens is 324 g/mol. The van der Waals surface area contributed by atoms with Crippen LogP contribution in [0, 0.1) is 5.92 Å². The van der Waals surface area contributed by atoms with E-state index in [2.05, 4.69) is 29.0 Å². The van der Waals surface area contributed by atoms with Gasteiger partial charge in [0.15, 0.2) is 0 Å². The number of rotatable bonds is 6. The number of hydrogen-bond acceptors (Lipinski definition) is 3. The second kappa shape index (κ2) is 7.23. The predicted molar refractivity (Wildman–Crippen MR) is 94.1 cm³/mol. The topological polar surface area (TPSA) is 66.5 Å². The normalized spacial score (nSPS) is 27.0. The molecule has 1 saturated heterocycles. The van der Waals surface area contributed by atoms with E-state index in [1.165, 1.54) is 12.6 Å². The van der Waals surface area contributed by atoms with Gasteiger partial charge < -0.3 is 4.90 Å². The Balaban J connectivity index is 1.50. The Morgan fingerprint density at radius 1 is 1.25 bits per heavy atom. The lowest BCUT2D eigenvalue weighted by atomic mass is 9.70. The van der Waals surface area contributed by atoms with Crippen LogP contribution in [-0.4, -0.2) is 44.6 Å². The maximum atomic E-state index is 12.6. The van der Waals surface area contributed by atoms with Crippen LogP contribution < -0.4 is 4.72 Å². The van der Waals surface area contributed by atoms with E-state index in [9.17, 15) is 13.2 Å². The first-order valence-corrected chi connectivity index (χ1v) is 10.4. The summed E-state index contributed by atoms with van der Waals surface area (Å²) in [5, 5.41) is 0. The van der Waals surface area contributed by atoms with Crippen LogP contribution in [-0.2, 0) is 14.8 Å². The summed E-state index contributed by atoms with van der Waals surface area (Å²) in [5.74, 6) is 1.15. The van der Waals surface area contributed by atoms with Crippen molar-refractivity contribution in [1.82, 2.24) is 9.62 Å². The van der Waals surface area contributed by atoms with Crippen LogP contribution in [0.1, 0.15) is 43.6 Å².